The Labute approximate surface area is 171 Å². The molecule has 1 fully saturated rings. The number of anilines is 1. The first kappa shape index (κ1) is 20.9. The molecule has 1 atom stereocenters. The van der Waals surface area contributed by atoms with Crippen molar-refractivity contribution in [2.75, 3.05) is 18.9 Å². The third-order valence-electron chi connectivity index (χ3n) is 4.66. The molecular formula is C21H25N3O4S. The maximum atomic E-state index is 12.6. The molecule has 8 heteroatoms. The van der Waals surface area contributed by atoms with Crippen LogP contribution in [0.3, 0.4) is 0 Å². The lowest BCUT2D eigenvalue weighted by Gasteiger charge is -2.15. The molecule has 1 saturated heterocycles. The number of aryl methyl sites for hydroxylation is 1. The van der Waals surface area contributed by atoms with Gasteiger partial charge in [-0.05, 0) is 50.6 Å². The number of nitrogens with zero attached hydrogens (tertiary/aromatic N) is 2. The van der Waals surface area contributed by atoms with E-state index in [9.17, 15) is 13.2 Å². The van der Waals surface area contributed by atoms with Gasteiger partial charge in [0.05, 0.1) is 4.90 Å². The minimum atomic E-state index is -3.84. The van der Waals surface area contributed by atoms with Crippen LogP contribution in [0.4, 0.5) is 5.69 Å². The molecule has 1 aliphatic heterocycles. The molecule has 3 rings (SSSR count). The van der Waals surface area contributed by atoms with Crippen LogP contribution in [0, 0.1) is 6.92 Å². The highest BCUT2D eigenvalue weighted by Gasteiger charge is 2.21. The van der Waals surface area contributed by atoms with Gasteiger partial charge in [0.2, 0.25) is 0 Å². The molecule has 2 aromatic rings. The van der Waals surface area contributed by atoms with Gasteiger partial charge in [-0.3, -0.25) is 4.79 Å². The number of ether oxygens (including phenoxy) is 1. The SMILES string of the molecule is Cc1ccc(OC(C)C(=O)Nc2cccc(S(=O)(=O)N=C3CCCN3C)c2)cc1. The van der Waals surface area contributed by atoms with Crippen LogP contribution in [0.1, 0.15) is 25.3 Å². The van der Waals surface area contributed by atoms with E-state index in [4.69, 9.17) is 4.74 Å². The molecule has 0 saturated carbocycles. The summed E-state index contributed by atoms with van der Waals surface area (Å²) in [4.78, 5) is 14.3. The summed E-state index contributed by atoms with van der Waals surface area (Å²) in [6.07, 6.45) is 0.783. The molecule has 1 unspecified atom stereocenters. The van der Waals surface area contributed by atoms with Gasteiger partial charge in [0.15, 0.2) is 6.10 Å². The highest BCUT2D eigenvalue weighted by atomic mass is 32.2. The van der Waals surface area contributed by atoms with E-state index in [1.165, 1.54) is 12.1 Å². The van der Waals surface area contributed by atoms with Gasteiger partial charge in [-0.2, -0.15) is 8.42 Å². The Morgan fingerprint density at radius 1 is 1.21 bits per heavy atom. The maximum Gasteiger partial charge on any atom is 0.284 e. The van der Waals surface area contributed by atoms with Crippen molar-refractivity contribution in [1.29, 1.82) is 0 Å². The minimum absolute atomic E-state index is 0.0372. The smallest absolute Gasteiger partial charge is 0.284 e. The number of amidine groups is 1. The van der Waals surface area contributed by atoms with Crippen molar-refractivity contribution in [3.05, 3.63) is 54.1 Å². The fourth-order valence-electron chi connectivity index (χ4n) is 2.95. The number of hydrogen-bond donors (Lipinski definition) is 1. The summed E-state index contributed by atoms with van der Waals surface area (Å²) in [6.45, 7) is 4.40. The molecule has 0 aromatic heterocycles. The molecule has 0 radical (unpaired) electrons. The summed E-state index contributed by atoms with van der Waals surface area (Å²) >= 11 is 0. The number of rotatable bonds is 6. The number of benzene rings is 2. The first-order valence-electron chi connectivity index (χ1n) is 9.44. The van der Waals surface area contributed by atoms with Gasteiger partial charge in [-0.25, -0.2) is 0 Å². The molecule has 0 aliphatic carbocycles. The van der Waals surface area contributed by atoms with Crippen LogP contribution in [0.2, 0.25) is 0 Å². The van der Waals surface area contributed by atoms with Crippen LogP contribution < -0.4 is 10.1 Å². The average Bonchev–Trinajstić information content (AvgIpc) is 3.07. The van der Waals surface area contributed by atoms with Crippen molar-refractivity contribution >= 4 is 27.5 Å². The predicted molar refractivity (Wildman–Crippen MR) is 113 cm³/mol. The lowest BCUT2D eigenvalue weighted by atomic mass is 10.2. The van der Waals surface area contributed by atoms with Crippen LogP contribution in [-0.4, -0.2) is 44.8 Å². The molecule has 0 spiro atoms. The highest BCUT2D eigenvalue weighted by molar-refractivity contribution is 7.90. The van der Waals surface area contributed by atoms with E-state index in [0.717, 1.165) is 18.5 Å². The molecule has 2 aromatic carbocycles. The third kappa shape index (κ3) is 5.35. The largest absolute Gasteiger partial charge is 0.481 e. The quantitative estimate of drug-likeness (QED) is 0.783. The van der Waals surface area contributed by atoms with Crippen molar-refractivity contribution in [1.82, 2.24) is 4.90 Å². The van der Waals surface area contributed by atoms with E-state index in [0.29, 0.717) is 23.7 Å². The second-order valence-electron chi connectivity index (χ2n) is 7.10. The van der Waals surface area contributed by atoms with E-state index in [1.54, 1.807) is 31.2 Å². The van der Waals surface area contributed by atoms with Crippen molar-refractivity contribution in [3.8, 4) is 5.75 Å². The minimum Gasteiger partial charge on any atom is -0.481 e. The summed E-state index contributed by atoms with van der Waals surface area (Å²) in [7, 11) is -2.02. The van der Waals surface area contributed by atoms with Gasteiger partial charge in [0, 0.05) is 25.7 Å². The number of amides is 1. The number of carbonyl (C=O) groups excluding carboxylic acids is 1. The summed E-state index contributed by atoms with van der Waals surface area (Å²) < 4.78 is 34.8. The van der Waals surface area contributed by atoms with E-state index in [2.05, 4.69) is 9.71 Å². The van der Waals surface area contributed by atoms with Crippen LogP contribution in [-0.2, 0) is 14.8 Å². The number of likely N-dealkylation sites (tertiary alicyclic amines) is 1. The van der Waals surface area contributed by atoms with Gasteiger partial charge in [0.25, 0.3) is 15.9 Å². The van der Waals surface area contributed by atoms with E-state index < -0.39 is 16.1 Å². The number of sulfonamides is 1. The summed E-state index contributed by atoms with van der Waals surface area (Å²) in [5.41, 5.74) is 1.47. The molecule has 1 N–H and O–H groups in total. The third-order valence-corrected chi connectivity index (χ3v) is 5.96. The van der Waals surface area contributed by atoms with Crippen LogP contribution in [0.5, 0.6) is 5.75 Å². The molecule has 1 amide bonds. The van der Waals surface area contributed by atoms with Crippen molar-refractivity contribution in [2.45, 2.75) is 37.7 Å². The van der Waals surface area contributed by atoms with Gasteiger partial charge in [-0.15, -0.1) is 4.40 Å². The Morgan fingerprint density at radius 3 is 2.59 bits per heavy atom. The van der Waals surface area contributed by atoms with Crippen LogP contribution in [0.15, 0.2) is 57.8 Å². The Kier molecular flexibility index (Phi) is 6.22. The second-order valence-corrected chi connectivity index (χ2v) is 8.70. The molecule has 0 bridgehead atoms. The molecule has 7 nitrogen and oxygen atoms in total. The molecule has 1 heterocycles. The zero-order chi connectivity index (χ0) is 21.0. The summed E-state index contributed by atoms with van der Waals surface area (Å²) in [5.74, 6) is 0.771. The van der Waals surface area contributed by atoms with E-state index in [-0.39, 0.29) is 10.8 Å². The van der Waals surface area contributed by atoms with Crippen LogP contribution in [0.25, 0.3) is 0 Å². The lowest BCUT2D eigenvalue weighted by molar-refractivity contribution is -0.122. The van der Waals surface area contributed by atoms with E-state index in [1.807, 2.05) is 31.0 Å². The highest BCUT2D eigenvalue weighted by Crippen LogP contribution is 2.21. The average molecular weight is 416 g/mol. The Balaban J connectivity index is 1.70. The lowest BCUT2D eigenvalue weighted by Crippen LogP contribution is -2.30. The van der Waals surface area contributed by atoms with Gasteiger partial charge < -0.3 is 15.0 Å². The fourth-order valence-corrected chi connectivity index (χ4v) is 4.09. The first-order chi connectivity index (χ1) is 13.7. The van der Waals surface area contributed by atoms with Gasteiger partial charge in [-0.1, -0.05) is 23.8 Å². The zero-order valence-electron chi connectivity index (χ0n) is 16.8. The van der Waals surface area contributed by atoms with Crippen molar-refractivity contribution < 1.29 is 17.9 Å². The number of hydrogen-bond acceptors (Lipinski definition) is 4. The summed E-state index contributed by atoms with van der Waals surface area (Å²) in [5, 5.41) is 2.70. The van der Waals surface area contributed by atoms with Crippen LogP contribution >= 0.6 is 0 Å². The topological polar surface area (TPSA) is 88.1 Å². The standard InChI is InChI=1S/C21H25N3O4S/c1-15-9-11-18(12-10-15)28-16(2)21(25)22-17-6-4-7-19(14-17)29(26,27)23-20-8-5-13-24(20)3/h4,6-7,9-12,14,16H,5,8,13H2,1-3H3,(H,22,25). The van der Waals surface area contributed by atoms with E-state index >= 15 is 0 Å². The predicted octanol–water partition coefficient (Wildman–Crippen LogP) is 3.21. The Hall–Kier alpha value is -2.87. The summed E-state index contributed by atoms with van der Waals surface area (Å²) in [6, 6.07) is 13.5. The monoisotopic (exact) mass is 415 g/mol. The molecule has 154 valence electrons. The normalized spacial score (nSPS) is 16.7. The zero-order valence-corrected chi connectivity index (χ0v) is 17.6. The second kappa shape index (κ2) is 8.65. The molecule has 29 heavy (non-hydrogen) atoms. The molecule has 1 aliphatic rings. The van der Waals surface area contributed by atoms with Gasteiger partial charge >= 0.3 is 0 Å². The van der Waals surface area contributed by atoms with Gasteiger partial charge in [0.1, 0.15) is 11.6 Å². The maximum absolute atomic E-state index is 12.6. The molecular weight excluding hydrogens is 390 g/mol. The number of carbonyl (C=O) groups is 1. The Morgan fingerprint density at radius 2 is 1.93 bits per heavy atom. The Bertz CT molecular complexity index is 1020. The number of nitrogens with one attached hydrogen (secondary N) is 1. The first-order valence-corrected chi connectivity index (χ1v) is 10.9. The fraction of sp³-hybridized carbons (Fsp3) is 0.333. The van der Waals surface area contributed by atoms with Crippen molar-refractivity contribution in [2.24, 2.45) is 4.40 Å². The van der Waals surface area contributed by atoms with Crippen molar-refractivity contribution in [3.63, 3.8) is 0 Å².